The lowest BCUT2D eigenvalue weighted by Crippen LogP contribution is -2.20. The molecule has 10 heteroatoms. The Morgan fingerprint density at radius 3 is 2.74 bits per heavy atom. The van der Waals surface area contributed by atoms with Gasteiger partial charge in [0.15, 0.2) is 0 Å². The molecule has 0 aliphatic rings. The van der Waals surface area contributed by atoms with Gasteiger partial charge in [-0.15, -0.1) is 20.4 Å². The molecule has 0 spiro atoms. The molecule has 3 rings (SSSR count). The fraction of sp³-hybridized carbons (Fsp3) is 0.231. The predicted molar refractivity (Wildman–Crippen MR) is 86.2 cm³/mol. The summed E-state index contributed by atoms with van der Waals surface area (Å²) in [5.41, 5.74) is 0.776. The van der Waals surface area contributed by atoms with E-state index in [1.807, 2.05) is 6.92 Å². The Balaban J connectivity index is 1.64. The van der Waals surface area contributed by atoms with Crippen molar-refractivity contribution in [1.82, 2.24) is 30.4 Å². The molecule has 3 aromatic rings. The maximum atomic E-state index is 12.0. The molecule has 1 amide bonds. The molecule has 0 radical (unpaired) electrons. The van der Waals surface area contributed by atoms with Crippen molar-refractivity contribution in [1.29, 1.82) is 0 Å². The number of nitrogens with one attached hydrogen (secondary N) is 1. The molecule has 0 aliphatic carbocycles. The van der Waals surface area contributed by atoms with E-state index in [-0.39, 0.29) is 12.5 Å². The van der Waals surface area contributed by atoms with Crippen LogP contribution in [0.5, 0.6) is 0 Å². The van der Waals surface area contributed by atoms with E-state index in [0.29, 0.717) is 16.0 Å². The van der Waals surface area contributed by atoms with E-state index in [1.165, 1.54) is 16.1 Å². The van der Waals surface area contributed by atoms with Gasteiger partial charge in [0.1, 0.15) is 11.6 Å². The number of hydrogen-bond donors (Lipinski definition) is 1. The van der Waals surface area contributed by atoms with Gasteiger partial charge in [0.2, 0.25) is 16.9 Å². The Morgan fingerprint density at radius 1 is 1.26 bits per heavy atom. The molecule has 1 N–H and O–H groups in total. The topological polar surface area (TPSA) is 98.5 Å². The second-order valence-corrected chi connectivity index (χ2v) is 6.05. The van der Waals surface area contributed by atoms with E-state index < -0.39 is 0 Å². The Kier molecular flexibility index (Phi) is 4.58. The molecular weight excluding hydrogens is 338 g/mol. The molecule has 2 heterocycles. The van der Waals surface area contributed by atoms with Crippen LogP contribution >= 0.6 is 22.9 Å². The van der Waals surface area contributed by atoms with E-state index >= 15 is 0 Å². The fourth-order valence-corrected chi connectivity index (χ4v) is 2.58. The second-order valence-electron chi connectivity index (χ2n) is 4.55. The number of tetrazole rings is 1. The third-order valence-electron chi connectivity index (χ3n) is 2.86. The smallest absolute Gasteiger partial charge is 0.249 e. The first kappa shape index (κ1) is 15.5. The minimum Gasteiger partial charge on any atom is -0.299 e. The van der Waals surface area contributed by atoms with Crippen LogP contribution in [0.15, 0.2) is 24.3 Å². The number of aromatic nitrogens is 6. The largest absolute Gasteiger partial charge is 0.299 e. The zero-order valence-corrected chi connectivity index (χ0v) is 13.7. The Labute approximate surface area is 140 Å². The quantitative estimate of drug-likeness (QED) is 0.756. The van der Waals surface area contributed by atoms with Crippen LogP contribution in [-0.4, -0.2) is 36.3 Å². The monoisotopic (exact) mass is 349 g/mol. The highest BCUT2D eigenvalue weighted by Crippen LogP contribution is 2.17. The zero-order chi connectivity index (χ0) is 16.2. The first-order valence-electron chi connectivity index (χ1n) is 6.80. The van der Waals surface area contributed by atoms with Crippen molar-refractivity contribution in [3.8, 4) is 11.4 Å². The van der Waals surface area contributed by atoms with Crippen LogP contribution in [0.25, 0.3) is 11.4 Å². The van der Waals surface area contributed by atoms with Crippen molar-refractivity contribution in [2.45, 2.75) is 19.9 Å². The van der Waals surface area contributed by atoms with Gasteiger partial charge in [0.25, 0.3) is 0 Å². The molecule has 1 aromatic carbocycles. The summed E-state index contributed by atoms with van der Waals surface area (Å²) in [6.07, 6.45) is 0.780. The van der Waals surface area contributed by atoms with Gasteiger partial charge >= 0.3 is 0 Å². The average Bonchev–Trinajstić information content (AvgIpc) is 3.17. The van der Waals surface area contributed by atoms with Gasteiger partial charge in [-0.2, -0.15) is 4.80 Å². The molecule has 0 saturated heterocycles. The van der Waals surface area contributed by atoms with E-state index in [0.717, 1.165) is 17.0 Å². The highest BCUT2D eigenvalue weighted by atomic mass is 35.5. The number of anilines is 1. The maximum Gasteiger partial charge on any atom is 0.249 e. The van der Waals surface area contributed by atoms with Gasteiger partial charge in [0, 0.05) is 10.6 Å². The highest BCUT2D eigenvalue weighted by molar-refractivity contribution is 7.15. The molecule has 0 aliphatic heterocycles. The van der Waals surface area contributed by atoms with Gasteiger partial charge in [-0.3, -0.25) is 10.1 Å². The number of nitrogens with zero attached hydrogens (tertiary/aromatic N) is 6. The Bertz CT molecular complexity index is 814. The Morgan fingerprint density at radius 2 is 2.04 bits per heavy atom. The first-order chi connectivity index (χ1) is 11.1. The number of carbonyl (C=O) groups is 1. The molecule has 0 saturated carbocycles. The summed E-state index contributed by atoms with van der Waals surface area (Å²) in [4.78, 5) is 13.2. The molecule has 0 unspecified atom stereocenters. The molecular formula is C13H12ClN7OS. The lowest BCUT2D eigenvalue weighted by molar-refractivity contribution is -0.117. The van der Waals surface area contributed by atoms with E-state index in [1.54, 1.807) is 24.3 Å². The van der Waals surface area contributed by atoms with Gasteiger partial charge in [-0.1, -0.05) is 29.9 Å². The van der Waals surface area contributed by atoms with Crippen molar-refractivity contribution >= 4 is 34.0 Å². The summed E-state index contributed by atoms with van der Waals surface area (Å²) in [5, 5.41) is 24.4. The van der Waals surface area contributed by atoms with Crippen molar-refractivity contribution in [2.75, 3.05) is 5.32 Å². The summed E-state index contributed by atoms with van der Waals surface area (Å²) in [6, 6.07) is 7.06. The number of aryl methyl sites for hydroxylation is 1. The van der Waals surface area contributed by atoms with Crippen molar-refractivity contribution in [2.24, 2.45) is 0 Å². The van der Waals surface area contributed by atoms with Crippen LogP contribution in [0.4, 0.5) is 5.13 Å². The average molecular weight is 350 g/mol. The lowest BCUT2D eigenvalue weighted by atomic mass is 10.2. The number of carbonyl (C=O) groups excluding carboxylic acids is 1. The van der Waals surface area contributed by atoms with Crippen LogP contribution in [0.3, 0.4) is 0 Å². The first-order valence-corrected chi connectivity index (χ1v) is 7.99. The molecule has 118 valence electrons. The third-order valence-corrected chi connectivity index (χ3v) is 4.09. The van der Waals surface area contributed by atoms with Crippen molar-refractivity contribution in [3.05, 3.63) is 34.3 Å². The maximum absolute atomic E-state index is 12.0. The van der Waals surface area contributed by atoms with Crippen molar-refractivity contribution < 1.29 is 4.79 Å². The number of amides is 1. The Hall–Kier alpha value is -2.39. The summed E-state index contributed by atoms with van der Waals surface area (Å²) in [7, 11) is 0. The number of benzene rings is 1. The van der Waals surface area contributed by atoms with E-state index in [2.05, 4.69) is 30.9 Å². The van der Waals surface area contributed by atoms with Crippen LogP contribution in [0, 0.1) is 0 Å². The fourth-order valence-electron chi connectivity index (χ4n) is 1.76. The van der Waals surface area contributed by atoms with Crippen LogP contribution in [-0.2, 0) is 17.8 Å². The van der Waals surface area contributed by atoms with E-state index in [4.69, 9.17) is 11.6 Å². The molecule has 0 bridgehead atoms. The molecule has 0 atom stereocenters. The van der Waals surface area contributed by atoms with Gasteiger partial charge < -0.3 is 0 Å². The second kappa shape index (κ2) is 6.80. The molecule has 8 nitrogen and oxygen atoms in total. The standard InChI is InChI=1S/C13H12ClN7OS/c1-2-11-16-18-13(23-11)15-10(22)7-21-19-12(17-20-21)8-3-5-9(14)6-4-8/h3-6H,2,7H2,1H3,(H,15,18,22). The molecule has 2 aromatic heterocycles. The highest BCUT2D eigenvalue weighted by Gasteiger charge is 2.11. The predicted octanol–water partition coefficient (Wildman–Crippen LogP) is 2.05. The van der Waals surface area contributed by atoms with Crippen LogP contribution in [0.1, 0.15) is 11.9 Å². The van der Waals surface area contributed by atoms with E-state index in [9.17, 15) is 4.79 Å². The van der Waals surface area contributed by atoms with Crippen LogP contribution < -0.4 is 5.32 Å². The summed E-state index contributed by atoms with van der Waals surface area (Å²) < 4.78 is 0. The van der Waals surface area contributed by atoms with Gasteiger partial charge in [-0.05, 0) is 35.9 Å². The minimum atomic E-state index is -0.288. The summed E-state index contributed by atoms with van der Waals surface area (Å²) in [5.74, 6) is 0.141. The molecule has 23 heavy (non-hydrogen) atoms. The zero-order valence-electron chi connectivity index (χ0n) is 12.1. The van der Waals surface area contributed by atoms with Crippen molar-refractivity contribution in [3.63, 3.8) is 0 Å². The van der Waals surface area contributed by atoms with Gasteiger partial charge in [0.05, 0.1) is 0 Å². The number of hydrogen-bond acceptors (Lipinski definition) is 7. The SMILES string of the molecule is CCc1nnc(NC(=O)Cn2nnc(-c3ccc(Cl)cc3)n2)s1. The van der Waals surface area contributed by atoms with Crippen LogP contribution in [0.2, 0.25) is 5.02 Å². The minimum absolute atomic E-state index is 0.0539. The number of halogens is 1. The number of rotatable bonds is 5. The van der Waals surface area contributed by atoms with Gasteiger partial charge in [-0.25, -0.2) is 0 Å². The summed E-state index contributed by atoms with van der Waals surface area (Å²) in [6.45, 7) is 1.92. The summed E-state index contributed by atoms with van der Waals surface area (Å²) >= 11 is 7.18. The lowest BCUT2D eigenvalue weighted by Gasteiger charge is -1.99. The normalized spacial score (nSPS) is 10.7. The molecule has 0 fully saturated rings. The third kappa shape index (κ3) is 3.88.